The highest BCUT2D eigenvalue weighted by Crippen LogP contribution is 2.40. The van der Waals surface area contributed by atoms with E-state index in [1.165, 1.54) is 36.9 Å². The van der Waals surface area contributed by atoms with Crippen LogP contribution in [-0.2, 0) is 0 Å². The fourth-order valence-corrected chi connectivity index (χ4v) is 6.91. The van der Waals surface area contributed by atoms with Crippen molar-refractivity contribution in [1.82, 2.24) is 9.97 Å². The number of hydrogen-bond acceptors (Lipinski definition) is 3. The molecule has 43 heavy (non-hydrogen) atoms. The van der Waals surface area contributed by atoms with E-state index in [0.717, 1.165) is 33.6 Å². The predicted octanol–water partition coefficient (Wildman–Crippen LogP) is 11.2. The van der Waals surface area contributed by atoms with E-state index in [4.69, 9.17) is 9.97 Å². The summed E-state index contributed by atoms with van der Waals surface area (Å²) in [5.41, 5.74) is 9.71. The average molecular weight is 567 g/mol. The molecule has 8 aromatic rings. The van der Waals surface area contributed by atoms with Gasteiger partial charge in [0.2, 0.25) is 0 Å². The van der Waals surface area contributed by atoms with E-state index < -0.39 is 0 Å². The van der Waals surface area contributed by atoms with Crippen molar-refractivity contribution in [3.63, 3.8) is 0 Å². The number of rotatable bonds is 5. The van der Waals surface area contributed by atoms with Gasteiger partial charge in [-0.15, -0.1) is 11.3 Å². The van der Waals surface area contributed by atoms with Gasteiger partial charge in [-0.25, -0.2) is 9.97 Å². The fraction of sp³-hybridized carbons (Fsp3) is 0. The topological polar surface area (TPSA) is 25.8 Å². The zero-order valence-electron chi connectivity index (χ0n) is 23.3. The summed E-state index contributed by atoms with van der Waals surface area (Å²) in [5, 5.41) is 2.51. The largest absolute Gasteiger partial charge is 0.228 e. The van der Waals surface area contributed by atoms with E-state index >= 15 is 0 Å². The summed E-state index contributed by atoms with van der Waals surface area (Å²) < 4.78 is 2.55. The molecule has 0 aliphatic carbocycles. The lowest BCUT2D eigenvalue weighted by molar-refractivity contribution is 1.19. The molecular weight excluding hydrogens is 541 g/mol. The molecule has 0 radical (unpaired) electrons. The molecule has 2 nitrogen and oxygen atoms in total. The van der Waals surface area contributed by atoms with Crippen LogP contribution in [0.3, 0.4) is 0 Å². The van der Waals surface area contributed by atoms with Gasteiger partial charge >= 0.3 is 0 Å². The molecule has 0 fully saturated rings. The number of aromatic nitrogens is 2. The first-order chi connectivity index (χ1) is 21.3. The van der Waals surface area contributed by atoms with Gasteiger partial charge in [0.15, 0.2) is 5.82 Å². The molecule has 0 atom stereocenters. The van der Waals surface area contributed by atoms with E-state index in [-0.39, 0.29) is 0 Å². The number of nitrogens with zero attached hydrogens (tertiary/aromatic N) is 2. The van der Waals surface area contributed by atoms with Crippen LogP contribution in [0.25, 0.3) is 76.3 Å². The molecule has 0 unspecified atom stereocenters. The van der Waals surface area contributed by atoms with Crippen LogP contribution in [0.15, 0.2) is 158 Å². The number of fused-ring (bicyclic) bond motifs is 3. The van der Waals surface area contributed by atoms with Crippen molar-refractivity contribution in [3.8, 4) is 56.2 Å². The zero-order valence-corrected chi connectivity index (χ0v) is 24.1. The Kier molecular flexibility index (Phi) is 6.36. The Morgan fingerprint density at radius 2 is 0.930 bits per heavy atom. The second-order valence-electron chi connectivity index (χ2n) is 10.6. The average Bonchev–Trinajstić information content (AvgIpc) is 3.48. The number of hydrogen-bond donors (Lipinski definition) is 0. The molecule has 0 bridgehead atoms. The first-order valence-electron chi connectivity index (χ1n) is 14.4. The highest BCUT2D eigenvalue weighted by molar-refractivity contribution is 7.25. The van der Waals surface area contributed by atoms with Gasteiger partial charge in [0, 0.05) is 36.9 Å². The summed E-state index contributed by atoms with van der Waals surface area (Å²) in [5.74, 6) is 0.717. The maximum absolute atomic E-state index is 5.23. The number of benzene rings is 6. The Balaban J connectivity index is 1.32. The molecule has 3 heteroatoms. The minimum Gasteiger partial charge on any atom is -0.228 e. The molecule has 2 heterocycles. The third-order valence-corrected chi connectivity index (χ3v) is 9.06. The molecule has 0 spiro atoms. The van der Waals surface area contributed by atoms with Crippen molar-refractivity contribution < 1.29 is 0 Å². The Hall–Kier alpha value is -5.38. The van der Waals surface area contributed by atoms with Gasteiger partial charge in [-0.3, -0.25) is 0 Å². The van der Waals surface area contributed by atoms with Crippen LogP contribution in [0.1, 0.15) is 0 Å². The van der Waals surface area contributed by atoms with Gasteiger partial charge in [0.25, 0.3) is 0 Å². The molecule has 0 amide bonds. The first-order valence-corrected chi connectivity index (χ1v) is 15.2. The Bertz CT molecular complexity index is 2220. The van der Waals surface area contributed by atoms with Gasteiger partial charge in [0.1, 0.15) is 0 Å². The van der Waals surface area contributed by atoms with E-state index in [1.807, 2.05) is 23.5 Å². The van der Waals surface area contributed by atoms with Crippen LogP contribution in [0.5, 0.6) is 0 Å². The van der Waals surface area contributed by atoms with E-state index in [0.29, 0.717) is 5.82 Å². The molecule has 0 aliphatic rings. The molecular formula is C40H26N2S. The van der Waals surface area contributed by atoms with Crippen LogP contribution >= 0.6 is 11.3 Å². The van der Waals surface area contributed by atoms with Gasteiger partial charge < -0.3 is 0 Å². The van der Waals surface area contributed by atoms with E-state index in [2.05, 4.69) is 146 Å². The molecule has 202 valence electrons. The van der Waals surface area contributed by atoms with E-state index in [1.54, 1.807) is 0 Å². The van der Waals surface area contributed by atoms with Crippen molar-refractivity contribution in [1.29, 1.82) is 0 Å². The lowest BCUT2D eigenvalue weighted by Crippen LogP contribution is -1.96. The van der Waals surface area contributed by atoms with Crippen molar-refractivity contribution >= 4 is 31.5 Å². The van der Waals surface area contributed by atoms with Crippen molar-refractivity contribution in [2.45, 2.75) is 0 Å². The van der Waals surface area contributed by atoms with Crippen LogP contribution in [-0.4, -0.2) is 9.97 Å². The first kappa shape index (κ1) is 25.3. The molecule has 8 rings (SSSR count). The summed E-state index contributed by atoms with van der Waals surface area (Å²) in [4.78, 5) is 10.4. The zero-order chi connectivity index (χ0) is 28.6. The molecule has 0 N–H and O–H groups in total. The van der Waals surface area contributed by atoms with Gasteiger partial charge in [0.05, 0.1) is 11.4 Å². The van der Waals surface area contributed by atoms with Crippen molar-refractivity contribution in [2.75, 3.05) is 0 Å². The maximum Gasteiger partial charge on any atom is 0.160 e. The lowest BCUT2D eigenvalue weighted by Gasteiger charge is -2.12. The Morgan fingerprint density at radius 3 is 1.72 bits per heavy atom. The van der Waals surface area contributed by atoms with Crippen LogP contribution in [0.2, 0.25) is 0 Å². The normalized spacial score (nSPS) is 11.3. The maximum atomic E-state index is 5.23. The van der Waals surface area contributed by atoms with E-state index in [9.17, 15) is 0 Å². The summed E-state index contributed by atoms with van der Waals surface area (Å²) in [6.45, 7) is 0. The SMILES string of the molecule is c1ccc(-c2ccc(-c3cc(-c4cccc5sc6ccccc6c45)nc(-c4cccc(-c5ccccc5)c4)n3)cc2)cc1. The third kappa shape index (κ3) is 4.80. The van der Waals surface area contributed by atoms with Gasteiger partial charge in [-0.1, -0.05) is 133 Å². The fourth-order valence-electron chi connectivity index (χ4n) is 5.78. The second kappa shape index (κ2) is 10.8. The number of thiophene rings is 1. The summed E-state index contributed by atoms with van der Waals surface area (Å²) >= 11 is 1.83. The van der Waals surface area contributed by atoms with Crippen LogP contribution in [0.4, 0.5) is 0 Å². The summed E-state index contributed by atoms with van der Waals surface area (Å²) in [7, 11) is 0. The standard InChI is InChI=1S/C40H26N2S/c1-3-11-27(12-4-1)29-21-23-30(24-22-29)35-26-36(33-18-10-20-38-39(33)34-17-7-8-19-37(34)43-38)42-40(41-35)32-16-9-15-31(25-32)28-13-5-2-6-14-28/h1-26H. The third-order valence-electron chi connectivity index (χ3n) is 7.92. The lowest BCUT2D eigenvalue weighted by atomic mass is 9.99. The van der Waals surface area contributed by atoms with Crippen LogP contribution < -0.4 is 0 Å². The molecule has 0 saturated carbocycles. The van der Waals surface area contributed by atoms with Gasteiger partial charge in [-0.05, 0) is 46.5 Å². The van der Waals surface area contributed by atoms with Crippen LogP contribution in [0, 0.1) is 0 Å². The highest BCUT2D eigenvalue weighted by atomic mass is 32.1. The predicted molar refractivity (Wildman–Crippen MR) is 182 cm³/mol. The quantitative estimate of drug-likeness (QED) is 0.207. The molecule has 6 aromatic carbocycles. The van der Waals surface area contributed by atoms with Gasteiger partial charge in [-0.2, -0.15) is 0 Å². The molecule has 0 saturated heterocycles. The minimum atomic E-state index is 0.717. The Labute approximate surface area is 254 Å². The van der Waals surface area contributed by atoms with Crippen molar-refractivity contribution in [3.05, 3.63) is 158 Å². The second-order valence-corrected chi connectivity index (χ2v) is 11.7. The highest BCUT2D eigenvalue weighted by Gasteiger charge is 2.16. The summed E-state index contributed by atoms with van der Waals surface area (Å²) in [6.07, 6.45) is 0. The smallest absolute Gasteiger partial charge is 0.160 e. The minimum absolute atomic E-state index is 0.717. The molecule has 2 aromatic heterocycles. The summed E-state index contributed by atoms with van der Waals surface area (Å²) in [6, 6.07) is 55.5. The Morgan fingerprint density at radius 1 is 0.372 bits per heavy atom. The monoisotopic (exact) mass is 566 g/mol. The molecule has 0 aliphatic heterocycles. The van der Waals surface area contributed by atoms with Crippen molar-refractivity contribution in [2.24, 2.45) is 0 Å².